The fourth-order valence-corrected chi connectivity index (χ4v) is 2.44. The zero-order valence-electron chi connectivity index (χ0n) is 14.0. The lowest BCUT2D eigenvalue weighted by Crippen LogP contribution is -2.20. The fourth-order valence-electron chi connectivity index (χ4n) is 2.44. The zero-order chi connectivity index (χ0) is 18.5. The third kappa shape index (κ3) is 3.92. The van der Waals surface area contributed by atoms with Crippen molar-refractivity contribution in [3.05, 3.63) is 52.4 Å². The lowest BCUT2D eigenvalue weighted by molar-refractivity contribution is -0.118. The fraction of sp³-hybridized carbons (Fsp3) is 0.167. The van der Waals surface area contributed by atoms with E-state index in [1.54, 1.807) is 36.4 Å². The highest BCUT2D eigenvalue weighted by atomic mass is 16.5. The molecular formula is C18H17N3O5. The molecular weight excluding hydrogens is 338 g/mol. The van der Waals surface area contributed by atoms with Crippen LogP contribution in [-0.2, 0) is 4.79 Å². The SMILES string of the molecule is CCOc1cc(C=O)ccc1OCC(=O)Nc1ccc2[nH]c(=O)[nH]c2c1. The Hall–Kier alpha value is -3.55. The van der Waals surface area contributed by atoms with Crippen LogP contribution < -0.4 is 20.5 Å². The molecule has 0 bridgehead atoms. The molecule has 1 heterocycles. The van der Waals surface area contributed by atoms with Crippen molar-refractivity contribution in [2.75, 3.05) is 18.5 Å². The van der Waals surface area contributed by atoms with E-state index in [2.05, 4.69) is 15.3 Å². The molecule has 0 radical (unpaired) electrons. The smallest absolute Gasteiger partial charge is 0.323 e. The summed E-state index contributed by atoms with van der Waals surface area (Å²) >= 11 is 0. The number of anilines is 1. The van der Waals surface area contributed by atoms with E-state index in [4.69, 9.17) is 9.47 Å². The molecule has 1 aromatic heterocycles. The Morgan fingerprint density at radius 2 is 1.88 bits per heavy atom. The summed E-state index contributed by atoms with van der Waals surface area (Å²) in [6.07, 6.45) is 0.709. The number of rotatable bonds is 7. The minimum Gasteiger partial charge on any atom is -0.490 e. The quantitative estimate of drug-likeness (QED) is 0.562. The van der Waals surface area contributed by atoms with Crippen molar-refractivity contribution in [1.82, 2.24) is 9.97 Å². The second-order valence-corrected chi connectivity index (χ2v) is 5.43. The van der Waals surface area contributed by atoms with E-state index in [1.807, 2.05) is 6.92 Å². The Morgan fingerprint density at radius 3 is 2.65 bits per heavy atom. The van der Waals surface area contributed by atoms with Gasteiger partial charge in [0.15, 0.2) is 18.1 Å². The first-order valence-corrected chi connectivity index (χ1v) is 7.95. The van der Waals surface area contributed by atoms with Gasteiger partial charge in [0.25, 0.3) is 5.91 Å². The number of nitrogens with one attached hydrogen (secondary N) is 3. The van der Waals surface area contributed by atoms with Crippen LogP contribution in [0.5, 0.6) is 11.5 Å². The number of amides is 1. The molecule has 3 N–H and O–H groups in total. The molecule has 0 aliphatic rings. The first-order chi connectivity index (χ1) is 12.6. The Kier molecular flexibility index (Phi) is 5.02. The molecule has 0 saturated heterocycles. The van der Waals surface area contributed by atoms with Crippen LogP contribution in [0.15, 0.2) is 41.2 Å². The van der Waals surface area contributed by atoms with Crippen molar-refractivity contribution in [1.29, 1.82) is 0 Å². The van der Waals surface area contributed by atoms with Crippen molar-refractivity contribution in [3.63, 3.8) is 0 Å². The summed E-state index contributed by atoms with van der Waals surface area (Å²) in [5.74, 6) is 0.401. The predicted molar refractivity (Wildman–Crippen MR) is 96.0 cm³/mol. The van der Waals surface area contributed by atoms with Gasteiger partial charge in [-0.15, -0.1) is 0 Å². The molecule has 8 heteroatoms. The minimum atomic E-state index is -0.371. The van der Waals surface area contributed by atoms with E-state index in [0.29, 0.717) is 46.7 Å². The summed E-state index contributed by atoms with van der Waals surface area (Å²) < 4.78 is 10.9. The Balaban J connectivity index is 1.66. The van der Waals surface area contributed by atoms with E-state index in [1.165, 1.54) is 0 Å². The summed E-state index contributed by atoms with van der Waals surface area (Å²) in [5, 5.41) is 2.69. The van der Waals surface area contributed by atoms with E-state index in [-0.39, 0.29) is 18.2 Å². The first-order valence-electron chi connectivity index (χ1n) is 7.95. The molecule has 26 heavy (non-hydrogen) atoms. The molecule has 0 aliphatic heterocycles. The largest absolute Gasteiger partial charge is 0.490 e. The van der Waals surface area contributed by atoms with Crippen molar-refractivity contribution < 1.29 is 19.1 Å². The molecule has 0 aliphatic carbocycles. The van der Waals surface area contributed by atoms with Crippen LogP contribution in [-0.4, -0.2) is 35.4 Å². The monoisotopic (exact) mass is 355 g/mol. The summed E-state index contributed by atoms with van der Waals surface area (Å²) in [7, 11) is 0. The number of hydrogen-bond acceptors (Lipinski definition) is 5. The first kappa shape index (κ1) is 17.3. The molecule has 0 atom stereocenters. The number of aromatic amines is 2. The second kappa shape index (κ2) is 7.56. The molecule has 0 fully saturated rings. The van der Waals surface area contributed by atoms with Crippen molar-refractivity contribution in [2.45, 2.75) is 6.92 Å². The number of hydrogen-bond donors (Lipinski definition) is 3. The highest BCUT2D eigenvalue weighted by molar-refractivity contribution is 5.94. The van der Waals surface area contributed by atoms with Crippen LogP contribution in [0, 0.1) is 0 Å². The lowest BCUT2D eigenvalue weighted by Gasteiger charge is -2.12. The highest BCUT2D eigenvalue weighted by Gasteiger charge is 2.10. The molecule has 1 amide bonds. The van der Waals surface area contributed by atoms with Crippen LogP contribution >= 0.6 is 0 Å². The van der Waals surface area contributed by atoms with E-state index < -0.39 is 0 Å². The number of imidazole rings is 1. The van der Waals surface area contributed by atoms with Gasteiger partial charge < -0.3 is 24.8 Å². The van der Waals surface area contributed by atoms with Gasteiger partial charge in [0.05, 0.1) is 17.6 Å². The third-order valence-corrected chi connectivity index (χ3v) is 3.56. The molecule has 134 valence electrons. The summed E-state index contributed by atoms with van der Waals surface area (Å²) in [5.41, 5.74) is 1.92. The normalized spacial score (nSPS) is 10.5. The number of H-pyrrole nitrogens is 2. The minimum absolute atomic E-state index is 0.234. The van der Waals surface area contributed by atoms with E-state index >= 15 is 0 Å². The standard InChI is InChI=1S/C18H17N3O5/c1-2-25-16-7-11(9-22)3-6-15(16)26-10-17(23)19-12-4-5-13-14(8-12)21-18(24)20-13/h3-9H,2,10H2,1H3,(H,19,23)(H2,20,21,24). The van der Waals surface area contributed by atoms with Crippen LogP contribution in [0.1, 0.15) is 17.3 Å². The average molecular weight is 355 g/mol. The number of carbonyl (C=O) groups is 2. The van der Waals surface area contributed by atoms with Gasteiger partial charge in [-0.05, 0) is 43.3 Å². The van der Waals surface area contributed by atoms with E-state index in [9.17, 15) is 14.4 Å². The highest BCUT2D eigenvalue weighted by Crippen LogP contribution is 2.28. The molecule has 0 unspecified atom stereocenters. The average Bonchev–Trinajstić information content (AvgIpc) is 3.00. The molecule has 8 nitrogen and oxygen atoms in total. The summed E-state index contributed by atoms with van der Waals surface area (Å²) in [6.45, 7) is 1.98. The van der Waals surface area contributed by atoms with E-state index in [0.717, 1.165) is 0 Å². The maximum Gasteiger partial charge on any atom is 0.323 e. The topological polar surface area (TPSA) is 113 Å². The molecule has 0 spiro atoms. The van der Waals surface area contributed by atoms with Crippen LogP contribution in [0.4, 0.5) is 5.69 Å². The predicted octanol–water partition coefficient (Wildman–Crippen LogP) is 2.08. The number of aromatic nitrogens is 2. The van der Waals surface area contributed by atoms with Gasteiger partial charge in [0, 0.05) is 11.3 Å². The number of aldehydes is 1. The van der Waals surface area contributed by atoms with Gasteiger partial charge in [-0.1, -0.05) is 0 Å². The van der Waals surface area contributed by atoms with Crippen LogP contribution in [0.2, 0.25) is 0 Å². The van der Waals surface area contributed by atoms with Gasteiger partial charge in [-0.3, -0.25) is 9.59 Å². The van der Waals surface area contributed by atoms with Crippen molar-refractivity contribution in [3.8, 4) is 11.5 Å². The number of fused-ring (bicyclic) bond motifs is 1. The van der Waals surface area contributed by atoms with Gasteiger partial charge in [0.2, 0.25) is 0 Å². The van der Waals surface area contributed by atoms with Gasteiger partial charge >= 0.3 is 5.69 Å². The maximum absolute atomic E-state index is 12.1. The van der Waals surface area contributed by atoms with Crippen LogP contribution in [0.25, 0.3) is 11.0 Å². The lowest BCUT2D eigenvalue weighted by atomic mass is 10.2. The Morgan fingerprint density at radius 1 is 1.08 bits per heavy atom. The summed E-state index contributed by atoms with van der Waals surface area (Å²) in [6, 6.07) is 9.73. The maximum atomic E-state index is 12.1. The zero-order valence-corrected chi connectivity index (χ0v) is 14.0. The molecule has 2 aromatic carbocycles. The molecule has 3 rings (SSSR count). The van der Waals surface area contributed by atoms with Crippen LogP contribution in [0.3, 0.4) is 0 Å². The second-order valence-electron chi connectivity index (χ2n) is 5.43. The number of carbonyl (C=O) groups excluding carboxylic acids is 2. The van der Waals surface area contributed by atoms with Gasteiger partial charge in [0.1, 0.15) is 6.29 Å². The number of ether oxygens (including phenoxy) is 2. The van der Waals surface area contributed by atoms with Gasteiger partial charge in [-0.25, -0.2) is 4.79 Å². The third-order valence-electron chi connectivity index (χ3n) is 3.56. The van der Waals surface area contributed by atoms with Crippen molar-refractivity contribution in [2.24, 2.45) is 0 Å². The van der Waals surface area contributed by atoms with Crippen molar-refractivity contribution >= 4 is 28.9 Å². The molecule has 3 aromatic rings. The van der Waals surface area contributed by atoms with Gasteiger partial charge in [-0.2, -0.15) is 0 Å². The number of benzene rings is 2. The Labute approximate surface area is 148 Å². The molecule has 0 saturated carbocycles. The Bertz CT molecular complexity index is 1010. The summed E-state index contributed by atoms with van der Waals surface area (Å²) in [4.78, 5) is 39.5.